The molecule has 32 heavy (non-hydrogen) atoms. The van der Waals surface area contributed by atoms with Crippen LogP contribution >= 0.6 is 11.8 Å². The number of aliphatic imine (C=N–C) groups is 1. The van der Waals surface area contributed by atoms with Crippen LogP contribution in [0.5, 0.6) is 0 Å². The minimum atomic E-state index is -0.402. The van der Waals surface area contributed by atoms with Crippen molar-refractivity contribution in [3.05, 3.63) is 95.8 Å². The van der Waals surface area contributed by atoms with Crippen LogP contribution in [0.2, 0.25) is 0 Å². The van der Waals surface area contributed by atoms with Crippen LogP contribution in [-0.4, -0.2) is 34.7 Å². The van der Waals surface area contributed by atoms with E-state index >= 15 is 0 Å². The van der Waals surface area contributed by atoms with Crippen LogP contribution in [-0.2, 0) is 16.1 Å². The molecule has 1 aliphatic rings. The first-order valence-electron chi connectivity index (χ1n) is 9.86. The third-order valence-corrected chi connectivity index (χ3v) is 5.66. The van der Waals surface area contributed by atoms with Crippen molar-refractivity contribution in [1.82, 2.24) is 4.90 Å². The maximum atomic E-state index is 13.4. The van der Waals surface area contributed by atoms with E-state index in [1.165, 1.54) is 29.2 Å². The predicted molar refractivity (Wildman–Crippen MR) is 123 cm³/mol. The Morgan fingerprint density at radius 2 is 1.88 bits per heavy atom. The highest BCUT2D eigenvalue weighted by Crippen LogP contribution is 2.29. The van der Waals surface area contributed by atoms with Gasteiger partial charge in [0.05, 0.1) is 24.2 Å². The van der Waals surface area contributed by atoms with Crippen LogP contribution in [0.1, 0.15) is 11.3 Å². The van der Waals surface area contributed by atoms with E-state index in [2.05, 4.69) is 4.99 Å². The fourth-order valence-corrected chi connectivity index (χ4v) is 4.03. The second-order valence-corrected chi connectivity index (χ2v) is 8.01. The maximum Gasteiger partial charge on any atom is 0.283 e. The zero-order valence-corrected chi connectivity index (χ0v) is 18.1. The Hall–Kier alpha value is -3.65. The molecule has 8 heteroatoms. The van der Waals surface area contributed by atoms with Crippen molar-refractivity contribution in [3.63, 3.8) is 0 Å². The summed E-state index contributed by atoms with van der Waals surface area (Å²) in [6, 6.07) is 18.5. The SMILES string of the molecule is CN(Cc1ccco1)C(=O)CSC1=N/C(=C\c2ccccc2)C(=O)N1c1ccc(F)cc1. The Morgan fingerprint density at radius 3 is 2.56 bits per heavy atom. The third kappa shape index (κ3) is 4.97. The molecule has 0 atom stereocenters. The van der Waals surface area contributed by atoms with Crippen molar-refractivity contribution < 1.29 is 18.4 Å². The zero-order chi connectivity index (χ0) is 22.5. The van der Waals surface area contributed by atoms with Crippen LogP contribution in [0.4, 0.5) is 10.1 Å². The minimum Gasteiger partial charge on any atom is -0.467 e. The zero-order valence-electron chi connectivity index (χ0n) is 17.3. The molecule has 0 radical (unpaired) electrons. The molecule has 2 amide bonds. The Bertz CT molecular complexity index is 1160. The van der Waals surface area contributed by atoms with E-state index < -0.39 is 5.82 Å². The average Bonchev–Trinajstić information content (AvgIpc) is 3.41. The number of benzene rings is 2. The van der Waals surface area contributed by atoms with Gasteiger partial charge in [0.25, 0.3) is 5.91 Å². The summed E-state index contributed by atoms with van der Waals surface area (Å²) in [6.07, 6.45) is 3.25. The van der Waals surface area contributed by atoms with Crippen LogP contribution in [0, 0.1) is 5.82 Å². The van der Waals surface area contributed by atoms with E-state index in [4.69, 9.17) is 4.42 Å². The number of halogens is 1. The predicted octanol–water partition coefficient (Wildman–Crippen LogP) is 4.55. The molecule has 3 aromatic rings. The summed E-state index contributed by atoms with van der Waals surface area (Å²) in [7, 11) is 1.69. The van der Waals surface area contributed by atoms with Gasteiger partial charge in [0.15, 0.2) is 5.17 Å². The van der Waals surface area contributed by atoms with Gasteiger partial charge in [-0.2, -0.15) is 0 Å². The van der Waals surface area contributed by atoms with Crippen molar-refractivity contribution in [3.8, 4) is 0 Å². The third-order valence-electron chi connectivity index (χ3n) is 4.74. The van der Waals surface area contributed by atoms with Crippen molar-refractivity contribution in [2.75, 3.05) is 17.7 Å². The van der Waals surface area contributed by atoms with Crippen molar-refractivity contribution >= 4 is 40.5 Å². The number of hydrogen-bond acceptors (Lipinski definition) is 5. The minimum absolute atomic E-state index is 0.0830. The number of carbonyl (C=O) groups excluding carboxylic acids is 2. The summed E-state index contributed by atoms with van der Waals surface area (Å²) in [5, 5.41) is 0.364. The van der Waals surface area contributed by atoms with Crippen LogP contribution in [0.3, 0.4) is 0 Å². The lowest BCUT2D eigenvalue weighted by Gasteiger charge is -2.19. The summed E-state index contributed by atoms with van der Waals surface area (Å²) in [5.41, 5.74) is 1.56. The molecular weight excluding hydrogens is 429 g/mol. The van der Waals surface area contributed by atoms with Gasteiger partial charge in [0, 0.05) is 7.05 Å². The van der Waals surface area contributed by atoms with Crippen LogP contribution in [0.25, 0.3) is 6.08 Å². The summed E-state index contributed by atoms with van der Waals surface area (Å²) in [4.78, 5) is 33.2. The number of thioether (sulfide) groups is 1. The molecule has 162 valence electrons. The van der Waals surface area contributed by atoms with Gasteiger partial charge in [-0.25, -0.2) is 9.38 Å². The largest absolute Gasteiger partial charge is 0.467 e. The second kappa shape index (κ2) is 9.65. The van der Waals surface area contributed by atoms with E-state index in [1.54, 1.807) is 36.4 Å². The molecule has 2 heterocycles. The molecule has 0 spiro atoms. The molecule has 0 unspecified atom stereocenters. The molecular formula is C24H20FN3O3S. The molecule has 1 aromatic heterocycles. The number of rotatable bonds is 6. The topological polar surface area (TPSA) is 66.1 Å². The van der Waals surface area contributed by atoms with Gasteiger partial charge in [0.2, 0.25) is 5.91 Å². The summed E-state index contributed by atoms with van der Waals surface area (Å²) in [6.45, 7) is 0.346. The number of amides is 2. The smallest absolute Gasteiger partial charge is 0.283 e. The second-order valence-electron chi connectivity index (χ2n) is 7.07. The van der Waals surface area contributed by atoms with Crippen LogP contribution in [0.15, 0.2) is 88.1 Å². The molecule has 6 nitrogen and oxygen atoms in total. The Balaban J connectivity index is 1.54. The number of carbonyl (C=O) groups is 2. The molecule has 2 aromatic carbocycles. The van der Waals surface area contributed by atoms with E-state index in [9.17, 15) is 14.0 Å². The van der Waals surface area contributed by atoms with Crippen LogP contribution < -0.4 is 4.90 Å². The first-order valence-corrected chi connectivity index (χ1v) is 10.8. The van der Waals surface area contributed by atoms with E-state index in [1.807, 2.05) is 30.3 Å². The standard InChI is InChI=1S/C24H20FN3O3S/c1-27(15-20-8-5-13-31-20)22(29)16-32-24-26-21(14-17-6-3-2-4-7-17)23(30)28(24)19-11-9-18(25)10-12-19/h2-14H,15-16H2,1H3/b21-14-. The van der Waals surface area contributed by atoms with Gasteiger partial charge in [-0.1, -0.05) is 42.1 Å². The van der Waals surface area contributed by atoms with Gasteiger partial charge in [0.1, 0.15) is 17.3 Å². The number of amidine groups is 1. The molecule has 4 rings (SSSR count). The number of nitrogens with zero attached hydrogens (tertiary/aromatic N) is 3. The van der Waals surface area contributed by atoms with E-state index in [0.29, 0.717) is 23.2 Å². The normalized spacial score (nSPS) is 14.7. The van der Waals surface area contributed by atoms with Gasteiger partial charge >= 0.3 is 0 Å². The Kier molecular flexibility index (Phi) is 6.51. The molecule has 1 aliphatic heterocycles. The average molecular weight is 450 g/mol. The molecule has 0 N–H and O–H groups in total. The van der Waals surface area contributed by atoms with Crippen molar-refractivity contribution in [2.45, 2.75) is 6.54 Å². The number of hydrogen-bond donors (Lipinski definition) is 0. The van der Waals surface area contributed by atoms with Gasteiger partial charge in [-0.15, -0.1) is 0 Å². The van der Waals surface area contributed by atoms with Gasteiger partial charge in [-0.3, -0.25) is 14.5 Å². The number of furan rings is 1. The Labute approximate surface area is 189 Å². The quantitative estimate of drug-likeness (QED) is 0.518. The highest BCUT2D eigenvalue weighted by Gasteiger charge is 2.32. The van der Waals surface area contributed by atoms with Crippen molar-refractivity contribution in [1.29, 1.82) is 0 Å². The molecule has 0 fully saturated rings. The molecule has 0 saturated carbocycles. The lowest BCUT2D eigenvalue weighted by molar-refractivity contribution is -0.127. The molecule has 0 saturated heterocycles. The first kappa shape index (κ1) is 21.6. The summed E-state index contributed by atoms with van der Waals surface area (Å²) in [5.74, 6) is -0.110. The maximum absolute atomic E-state index is 13.4. The Morgan fingerprint density at radius 1 is 1.12 bits per heavy atom. The van der Waals surface area contributed by atoms with Gasteiger partial charge in [-0.05, 0) is 48.0 Å². The fourth-order valence-electron chi connectivity index (χ4n) is 3.08. The van der Waals surface area contributed by atoms with Gasteiger partial charge < -0.3 is 9.32 Å². The summed E-state index contributed by atoms with van der Waals surface area (Å²) < 4.78 is 18.7. The monoisotopic (exact) mass is 449 g/mol. The highest BCUT2D eigenvalue weighted by atomic mass is 32.2. The first-order chi connectivity index (χ1) is 15.5. The molecule has 0 aliphatic carbocycles. The molecule has 0 bridgehead atoms. The van der Waals surface area contributed by atoms with Crippen molar-refractivity contribution in [2.24, 2.45) is 4.99 Å². The fraction of sp³-hybridized carbons (Fsp3) is 0.125. The summed E-state index contributed by atoms with van der Waals surface area (Å²) >= 11 is 1.16. The number of anilines is 1. The lowest BCUT2D eigenvalue weighted by atomic mass is 10.2. The van der Waals surface area contributed by atoms with E-state index in [-0.39, 0.29) is 23.3 Å². The highest BCUT2D eigenvalue weighted by molar-refractivity contribution is 8.14. The van der Waals surface area contributed by atoms with E-state index in [0.717, 1.165) is 17.3 Å². The lowest BCUT2D eigenvalue weighted by Crippen LogP contribution is -2.32.